The Morgan fingerprint density at radius 2 is 1.80 bits per heavy atom. The normalized spacial score (nSPS) is 19.4. The monoisotopic (exact) mass is 339 g/mol. The molecule has 0 aromatic heterocycles. The highest BCUT2D eigenvalue weighted by Crippen LogP contribution is 2.47. The van der Waals surface area contributed by atoms with E-state index in [4.69, 9.17) is 9.47 Å². The van der Waals surface area contributed by atoms with Gasteiger partial charge < -0.3 is 14.8 Å². The summed E-state index contributed by atoms with van der Waals surface area (Å²) in [5, 5.41) is 3.44. The summed E-state index contributed by atoms with van der Waals surface area (Å²) in [4.78, 5) is 0. The fourth-order valence-electron chi connectivity index (χ4n) is 3.27. The molecule has 0 spiro atoms. The van der Waals surface area contributed by atoms with Gasteiger partial charge in [0, 0.05) is 5.56 Å². The van der Waals surface area contributed by atoms with E-state index >= 15 is 0 Å². The number of hydrogen-bond donors (Lipinski definition) is 1. The number of halogens is 1. The maximum absolute atomic E-state index is 5.96. The van der Waals surface area contributed by atoms with E-state index in [0.717, 1.165) is 29.1 Å². The smallest absolute Gasteiger partial charge is 0.175 e. The van der Waals surface area contributed by atoms with E-state index in [1.807, 2.05) is 0 Å². The van der Waals surface area contributed by atoms with Crippen LogP contribution in [0.5, 0.6) is 11.5 Å². The van der Waals surface area contributed by atoms with Crippen molar-refractivity contribution in [2.24, 2.45) is 0 Å². The van der Waals surface area contributed by atoms with Crippen molar-refractivity contribution in [1.29, 1.82) is 0 Å². The van der Waals surface area contributed by atoms with E-state index < -0.39 is 0 Å². The van der Waals surface area contributed by atoms with Crippen LogP contribution in [0.25, 0.3) is 0 Å². The van der Waals surface area contributed by atoms with Gasteiger partial charge in [0.1, 0.15) is 13.2 Å². The molecule has 4 heteroatoms. The predicted molar refractivity (Wildman–Crippen MR) is 84.1 cm³/mol. The van der Waals surface area contributed by atoms with Gasteiger partial charge in [0.05, 0.1) is 4.47 Å². The molecule has 1 aromatic rings. The lowest BCUT2D eigenvalue weighted by molar-refractivity contribution is 0.168. The summed E-state index contributed by atoms with van der Waals surface area (Å²) in [6.45, 7) is 7.98. The molecule has 0 amide bonds. The summed E-state index contributed by atoms with van der Waals surface area (Å²) >= 11 is 3.66. The van der Waals surface area contributed by atoms with Crippen molar-refractivity contribution in [2.45, 2.75) is 38.5 Å². The molecule has 2 heterocycles. The predicted octanol–water partition coefficient (Wildman–Crippen LogP) is 3.81. The van der Waals surface area contributed by atoms with Crippen molar-refractivity contribution in [2.75, 3.05) is 26.3 Å². The highest BCUT2D eigenvalue weighted by molar-refractivity contribution is 9.10. The second kappa shape index (κ2) is 5.94. The third-order valence-corrected chi connectivity index (χ3v) is 4.78. The van der Waals surface area contributed by atoms with Gasteiger partial charge in [-0.3, -0.25) is 0 Å². The summed E-state index contributed by atoms with van der Waals surface area (Å²) in [7, 11) is 0. The Hall–Kier alpha value is -0.740. The molecule has 1 aromatic carbocycles. The fraction of sp³-hybridized carbons (Fsp3) is 0.625. The zero-order valence-electron chi connectivity index (χ0n) is 12.2. The molecule has 3 rings (SSSR count). The Bertz CT molecular complexity index is 496. The van der Waals surface area contributed by atoms with Crippen LogP contribution in [0.2, 0.25) is 0 Å². The third kappa shape index (κ3) is 2.56. The number of benzene rings is 1. The minimum absolute atomic E-state index is 0.448. The maximum Gasteiger partial charge on any atom is 0.175 e. The summed E-state index contributed by atoms with van der Waals surface area (Å²) < 4.78 is 12.8. The van der Waals surface area contributed by atoms with Crippen molar-refractivity contribution in [3.8, 4) is 11.5 Å². The van der Waals surface area contributed by atoms with Crippen molar-refractivity contribution in [3.05, 3.63) is 21.7 Å². The first kappa shape index (κ1) is 14.2. The maximum atomic E-state index is 5.96. The number of piperidine rings is 1. The minimum Gasteiger partial charge on any atom is -0.486 e. The van der Waals surface area contributed by atoms with E-state index in [1.54, 1.807) is 0 Å². The van der Waals surface area contributed by atoms with Gasteiger partial charge in [0.2, 0.25) is 0 Å². The van der Waals surface area contributed by atoms with Crippen LogP contribution in [0, 0.1) is 0 Å². The van der Waals surface area contributed by atoms with Gasteiger partial charge in [-0.2, -0.15) is 0 Å². The average Bonchev–Trinajstić information content (AvgIpc) is 2.47. The molecular weight excluding hydrogens is 318 g/mol. The Kier molecular flexibility index (Phi) is 4.22. The van der Waals surface area contributed by atoms with E-state index in [2.05, 4.69) is 41.2 Å². The zero-order valence-corrected chi connectivity index (χ0v) is 13.8. The van der Waals surface area contributed by atoms with Crippen molar-refractivity contribution in [1.82, 2.24) is 5.32 Å². The van der Waals surface area contributed by atoms with Crippen LogP contribution in [0.15, 0.2) is 10.5 Å². The molecule has 0 aliphatic carbocycles. The SMILES string of the molecule is CC(C)c1c(C2CCNCC2)cc(Br)c2c1OCCO2. The molecule has 0 atom stereocenters. The van der Waals surface area contributed by atoms with Crippen molar-refractivity contribution >= 4 is 15.9 Å². The lowest BCUT2D eigenvalue weighted by Gasteiger charge is -2.31. The molecule has 20 heavy (non-hydrogen) atoms. The van der Waals surface area contributed by atoms with Crippen molar-refractivity contribution in [3.63, 3.8) is 0 Å². The Balaban J connectivity index is 2.10. The van der Waals surface area contributed by atoms with E-state index in [1.165, 1.54) is 24.0 Å². The van der Waals surface area contributed by atoms with E-state index in [-0.39, 0.29) is 0 Å². The van der Waals surface area contributed by atoms with Crippen LogP contribution in [0.4, 0.5) is 0 Å². The standard InChI is InChI=1S/C16H22BrNO2/c1-10(2)14-12(11-3-5-18-6-4-11)9-13(17)15-16(14)20-8-7-19-15/h9-11,18H,3-8H2,1-2H3. The average molecular weight is 340 g/mol. The minimum atomic E-state index is 0.448. The number of hydrogen-bond acceptors (Lipinski definition) is 3. The van der Waals surface area contributed by atoms with Gasteiger partial charge in [-0.25, -0.2) is 0 Å². The molecule has 0 bridgehead atoms. The Labute approximate surface area is 129 Å². The van der Waals surface area contributed by atoms with Crippen LogP contribution in [0.1, 0.15) is 49.7 Å². The zero-order chi connectivity index (χ0) is 14.1. The topological polar surface area (TPSA) is 30.5 Å². The quantitative estimate of drug-likeness (QED) is 0.888. The van der Waals surface area contributed by atoms with E-state index in [0.29, 0.717) is 25.0 Å². The van der Waals surface area contributed by atoms with Gasteiger partial charge in [-0.15, -0.1) is 0 Å². The van der Waals surface area contributed by atoms with Crippen LogP contribution in [0.3, 0.4) is 0 Å². The molecule has 2 aliphatic rings. The summed E-state index contributed by atoms with van der Waals surface area (Å²) in [5.74, 6) is 2.93. The molecule has 1 N–H and O–H groups in total. The molecule has 0 saturated carbocycles. The molecule has 3 nitrogen and oxygen atoms in total. The highest BCUT2D eigenvalue weighted by Gasteiger charge is 2.28. The Morgan fingerprint density at radius 3 is 2.45 bits per heavy atom. The number of rotatable bonds is 2. The first-order valence-electron chi connectivity index (χ1n) is 7.51. The Morgan fingerprint density at radius 1 is 1.15 bits per heavy atom. The summed E-state index contributed by atoms with van der Waals surface area (Å²) in [5.41, 5.74) is 2.78. The van der Waals surface area contributed by atoms with Gasteiger partial charge in [-0.05, 0) is 65.3 Å². The largest absolute Gasteiger partial charge is 0.486 e. The number of ether oxygens (including phenoxy) is 2. The van der Waals surface area contributed by atoms with Crippen molar-refractivity contribution < 1.29 is 9.47 Å². The second-order valence-corrected chi connectivity index (χ2v) is 6.75. The van der Waals surface area contributed by atoms with Gasteiger partial charge in [0.15, 0.2) is 11.5 Å². The molecule has 1 fully saturated rings. The number of fused-ring (bicyclic) bond motifs is 1. The van der Waals surface area contributed by atoms with Gasteiger partial charge in [0.25, 0.3) is 0 Å². The first-order valence-corrected chi connectivity index (χ1v) is 8.30. The van der Waals surface area contributed by atoms with Crippen LogP contribution < -0.4 is 14.8 Å². The molecule has 0 unspecified atom stereocenters. The molecule has 2 aliphatic heterocycles. The molecule has 110 valence electrons. The lowest BCUT2D eigenvalue weighted by atomic mass is 9.83. The highest BCUT2D eigenvalue weighted by atomic mass is 79.9. The molecular formula is C16H22BrNO2. The van der Waals surface area contributed by atoms with Crippen LogP contribution >= 0.6 is 15.9 Å². The number of nitrogens with one attached hydrogen (secondary N) is 1. The molecule has 0 radical (unpaired) electrons. The summed E-state index contributed by atoms with van der Waals surface area (Å²) in [6.07, 6.45) is 2.40. The van der Waals surface area contributed by atoms with Gasteiger partial charge in [-0.1, -0.05) is 13.8 Å². The lowest BCUT2D eigenvalue weighted by Crippen LogP contribution is -2.27. The van der Waals surface area contributed by atoms with Crippen LogP contribution in [-0.2, 0) is 0 Å². The first-order chi connectivity index (χ1) is 9.68. The summed E-state index contributed by atoms with van der Waals surface area (Å²) in [6, 6.07) is 2.26. The molecule has 1 saturated heterocycles. The van der Waals surface area contributed by atoms with E-state index in [9.17, 15) is 0 Å². The fourth-order valence-corrected chi connectivity index (χ4v) is 3.81. The van der Waals surface area contributed by atoms with Crippen LogP contribution in [-0.4, -0.2) is 26.3 Å². The second-order valence-electron chi connectivity index (χ2n) is 5.90. The van der Waals surface area contributed by atoms with Gasteiger partial charge >= 0.3 is 0 Å². The third-order valence-electron chi connectivity index (χ3n) is 4.19.